The van der Waals surface area contributed by atoms with Gasteiger partial charge in [0.1, 0.15) is 0 Å². The Morgan fingerprint density at radius 1 is 1.17 bits per heavy atom. The van der Waals surface area contributed by atoms with E-state index in [0.29, 0.717) is 0 Å². The molecule has 0 N–H and O–H groups in total. The minimum atomic E-state index is 0.860. The highest BCUT2D eigenvalue weighted by Crippen LogP contribution is 2.29. The number of imidazole rings is 1. The maximum atomic E-state index is 4.85. The molecule has 0 fully saturated rings. The first-order valence-electron chi connectivity index (χ1n) is 8.20. The zero-order valence-electron chi connectivity index (χ0n) is 14.2. The zero-order valence-corrected chi connectivity index (χ0v) is 15.0. The average Bonchev–Trinajstić information content (AvgIpc) is 3.15. The average molecular weight is 336 g/mol. The number of thioether (sulfide) groups is 1. The van der Waals surface area contributed by atoms with Crippen LogP contribution in [0.25, 0.3) is 11.3 Å². The molecule has 3 heterocycles. The topological polar surface area (TPSA) is 35.1 Å². The van der Waals surface area contributed by atoms with Crippen molar-refractivity contribution in [2.75, 3.05) is 5.75 Å². The predicted molar refractivity (Wildman–Crippen MR) is 99.9 cm³/mol. The lowest BCUT2D eigenvalue weighted by atomic mass is 10.1. The summed E-state index contributed by atoms with van der Waals surface area (Å²) in [6.07, 6.45) is 2.02. The maximum absolute atomic E-state index is 4.85. The normalized spacial score (nSPS) is 13.7. The molecule has 0 atom stereocenters. The van der Waals surface area contributed by atoms with Gasteiger partial charge in [0.15, 0.2) is 5.16 Å². The Bertz CT molecular complexity index is 918. The monoisotopic (exact) mass is 336 g/mol. The summed E-state index contributed by atoms with van der Waals surface area (Å²) in [7, 11) is 0. The molecule has 3 aromatic rings. The quantitative estimate of drug-likeness (QED) is 0.713. The minimum Gasteiger partial charge on any atom is -0.349 e. The number of rotatable bonds is 3. The standard InChI is InChI=1S/C19H20N4S/c1-4-22-13(2)10-16(14(22)3)18-12-24-19-20-17(11-23(19)21-18)15-8-6-5-7-9-15/h5-11H,4,12H2,1-3H3. The Hall–Kier alpha value is -2.27. The molecule has 0 spiro atoms. The molecule has 5 heteroatoms. The smallest absolute Gasteiger partial charge is 0.189 e. The van der Waals surface area contributed by atoms with Gasteiger partial charge in [0.25, 0.3) is 0 Å². The molecule has 122 valence electrons. The van der Waals surface area contributed by atoms with E-state index in [0.717, 1.165) is 34.4 Å². The second kappa shape index (κ2) is 5.98. The van der Waals surface area contributed by atoms with Crippen molar-refractivity contribution in [3.05, 3.63) is 59.5 Å². The summed E-state index contributed by atoms with van der Waals surface area (Å²) < 4.78 is 4.26. The molecular weight excluding hydrogens is 316 g/mol. The predicted octanol–water partition coefficient (Wildman–Crippen LogP) is 4.35. The van der Waals surface area contributed by atoms with E-state index < -0.39 is 0 Å². The number of benzene rings is 1. The van der Waals surface area contributed by atoms with Gasteiger partial charge in [0, 0.05) is 34.8 Å². The van der Waals surface area contributed by atoms with Crippen molar-refractivity contribution in [3.63, 3.8) is 0 Å². The van der Waals surface area contributed by atoms with Gasteiger partial charge in [-0.25, -0.2) is 9.66 Å². The number of aryl methyl sites for hydroxylation is 1. The summed E-state index contributed by atoms with van der Waals surface area (Å²) in [6.45, 7) is 7.51. The van der Waals surface area contributed by atoms with E-state index >= 15 is 0 Å². The van der Waals surface area contributed by atoms with Gasteiger partial charge in [-0.2, -0.15) is 5.10 Å². The molecule has 24 heavy (non-hydrogen) atoms. The minimum absolute atomic E-state index is 0.860. The molecule has 1 aliphatic rings. The Kier molecular flexibility index (Phi) is 3.81. The third-order valence-corrected chi connectivity index (χ3v) is 5.45. The molecule has 0 saturated heterocycles. The summed E-state index contributed by atoms with van der Waals surface area (Å²) in [5.41, 5.74) is 7.06. The summed E-state index contributed by atoms with van der Waals surface area (Å²) in [6, 6.07) is 12.5. The van der Waals surface area contributed by atoms with Crippen LogP contribution >= 0.6 is 11.8 Å². The first kappa shape index (κ1) is 15.3. The van der Waals surface area contributed by atoms with E-state index in [1.165, 1.54) is 17.0 Å². The van der Waals surface area contributed by atoms with E-state index in [1.54, 1.807) is 11.8 Å². The fourth-order valence-electron chi connectivity index (χ4n) is 3.28. The molecule has 2 aromatic heterocycles. The van der Waals surface area contributed by atoms with Crippen molar-refractivity contribution in [2.45, 2.75) is 32.5 Å². The number of nitrogens with zero attached hydrogens (tertiary/aromatic N) is 4. The SMILES string of the molecule is CCn1c(C)cc(C2=Nn3cc(-c4ccccc4)nc3SC2)c1C. The molecule has 0 saturated carbocycles. The highest BCUT2D eigenvalue weighted by molar-refractivity contribution is 7.99. The second-order valence-electron chi connectivity index (χ2n) is 5.98. The lowest BCUT2D eigenvalue weighted by Crippen LogP contribution is -2.13. The molecule has 0 aliphatic carbocycles. The van der Waals surface area contributed by atoms with E-state index in [1.807, 2.05) is 29.1 Å². The largest absolute Gasteiger partial charge is 0.349 e. The van der Waals surface area contributed by atoms with Crippen LogP contribution in [0.4, 0.5) is 0 Å². The molecule has 1 aliphatic heterocycles. The lowest BCUT2D eigenvalue weighted by Gasteiger charge is -2.13. The molecule has 0 amide bonds. The zero-order chi connectivity index (χ0) is 16.7. The van der Waals surface area contributed by atoms with Gasteiger partial charge in [0.05, 0.1) is 17.6 Å². The fraction of sp³-hybridized carbons (Fsp3) is 0.263. The van der Waals surface area contributed by atoms with E-state index in [9.17, 15) is 0 Å². The summed E-state index contributed by atoms with van der Waals surface area (Å²) >= 11 is 1.75. The van der Waals surface area contributed by atoms with Crippen LogP contribution in [0.15, 0.2) is 52.9 Å². The van der Waals surface area contributed by atoms with Crippen molar-refractivity contribution in [1.82, 2.24) is 14.2 Å². The molecule has 1 aromatic carbocycles. The highest BCUT2D eigenvalue weighted by atomic mass is 32.2. The van der Waals surface area contributed by atoms with Crippen LogP contribution in [0.3, 0.4) is 0 Å². The van der Waals surface area contributed by atoms with Gasteiger partial charge < -0.3 is 4.57 Å². The van der Waals surface area contributed by atoms with Crippen LogP contribution in [0.1, 0.15) is 23.9 Å². The highest BCUT2D eigenvalue weighted by Gasteiger charge is 2.20. The number of hydrogen-bond donors (Lipinski definition) is 0. The maximum Gasteiger partial charge on any atom is 0.189 e. The molecule has 0 bridgehead atoms. The Balaban J connectivity index is 1.74. The Labute approximate surface area is 146 Å². The Morgan fingerprint density at radius 2 is 1.96 bits per heavy atom. The molecule has 0 radical (unpaired) electrons. The van der Waals surface area contributed by atoms with Crippen LogP contribution in [-0.4, -0.2) is 25.7 Å². The van der Waals surface area contributed by atoms with Crippen molar-refractivity contribution in [1.29, 1.82) is 0 Å². The van der Waals surface area contributed by atoms with Crippen LogP contribution < -0.4 is 0 Å². The second-order valence-corrected chi connectivity index (χ2v) is 6.93. The van der Waals surface area contributed by atoms with Gasteiger partial charge in [-0.05, 0) is 26.8 Å². The molecule has 4 rings (SSSR count). The summed E-state index contributed by atoms with van der Waals surface area (Å²) in [5, 5.41) is 5.81. The molecular formula is C19H20N4S. The fourth-order valence-corrected chi connectivity index (χ4v) is 4.14. The molecule has 0 unspecified atom stereocenters. The van der Waals surface area contributed by atoms with Crippen LogP contribution in [-0.2, 0) is 6.54 Å². The van der Waals surface area contributed by atoms with Crippen molar-refractivity contribution in [3.8, 4) is 11.3 Å². The van der Waals surface area contributed by atoms with E-state index in [4.69, 9.17) is 10.1 Å². The van der Waals surface area contributed by atoms with E-state index in [2.05, 4.69) is 43.5 Å². The van der Waals surface area contributed by atoms with Crippen molar-refractivity contribution in [2.24, 2.45) is 5.10 Å². The van der Waals surface area contributed by atoms with Gasteiger partial charge in [-0.3, -0.25) is 0 Å². The first-order valence-corrected chi connectivity index (χ1v) is 9.18. The van der Waals surface area contributed by atoms with Crippen molar-refractivity contribution < 1.29 is 0 Å². The third kappa shape index (κ3) is 2.49. The number of fused-ring (bicyclic) bond motifs is 1. The van der Waals surface area contributed by atoms with Crippen molar-refractivity contribution >= 4 is 17.5 Å². The van der Waals surface area contributed by atoms with Crippen LogP contribution in [0.5, 0.6) is 0 Å². The van der Waals surface area contributed by atoms with Gasteiger partial charge in [-0.1, -0.05) is 42.1 Å². The third-order valence-electron chi connectivity index (χ3n) is 4.49. The van der Waals surface area contributed by atoms with Crippen LogP contribution in [0, 0.1) is 13.8 Å². The summed E-state index contributed by atoms with van der Waals surface area (Å²) in [5.74, 6) is 0.860. The lowest BCUT2D eigenvalue weighted by molar-refractivity contribution is 0.717. The van der Waals surface area contributed by atoms with Gasteiger partial charge in [0.2, 0.25) is 0 Å². The van der Waals surface area contributed by atoms with E-state index in [-0.39, 0.29) is 0 Å². The number of hydrogen-bond acceptors (Lipinski definition) is 3. The van der Waals surface area contributed by atoms with Gasteiger partial charge in [-0.15, -0.1) is 0 Å². The molecule has 4 nitrogen and oxygen atoms in total. The van der Waals surface area contributed by atoms with Crippen LogP contribution in [0.2, 0.25) is 0 Å². The summed E-state index contributed by atoms with van der Waals surface area (Å²) in [4.78, 5) is 4.72. The van der Waals surface area contributed by atoms with Gasteiger partial charge >= 0.3 is 0 Å². The number of aromatic nitrogens is 3. The Morgan fingerprint density at radius 3 is 2.67 bits per heavy atom. The first-order chi connectivity index (χ1) is 11.7.